The van der Waals surface area contributed by atoms with E-state index >= 15 is 0 Å². The van der Waals surface area contributed by atoms with Gasteiger partial charge in [0.25, 0.3) is 0 Å². The molecule has 1 atom stereocenters. The van der Waals surface area contributed by atoms with Gasteiger partial charge in [-0.15, -0.1) is 0 Å². The highest BCUT2D eigenvalue weighted by atomic mass is 35.5. The summed E-state index contributed by atoms with van der Waals surface area (Å²) in [5.74, 6) is 0.478. The first-order chi connectivity index (χ1) is 15.3. The highest BCUT2D eigenvalue weighted by molar-refractivity contribution is 6.35. The summed E-state index contributed by atoms with van der Waals surface area (Å²) in [5.41, 5.74) is 1.91. The number of unbranched alkanes of at least 4 members (excludes halogenated alkanes) is 1. The van der Waals surface area contributed by atoms with Crippen LogP contribution in [0, 0.1) is 6.92 Å². The van der Waals surface area contributed by atoms with Gasteiger partial charge in [-0.25, -0.2) is 0 Å². The fraction of sp³-hybridized carbons (Fsp3) is 0.440. The average Bonchev–Trinajstić information content (AvgIpc) is 2.77. The van der Waals surface area contributed by atoms with Crippen molar-refractivity contribution in [2.24, 2.45) is 0 Å². The summed E-state index contributed by atoms with van der Waals surface area (Å²) in [6, 6.07) is 12.3. The molecule has 0 radical (unpaired) electrons. The van der Waals surface area contributed by atoms with Gasteiger partial charge in [-0.2, -0.15) is 0 Å². The lowest BCUT2D eigenvalue weighted by molar-refractivity contribution is -0.140. The Morgan fingerprint density at radius 2 is 1.81 bits per heavy atom. The highest BCUT2D eigenvalue weighted by Gasteiger charge is 2.26. The quantitative estimate of drug-likeness (QED) is 0.392. The summed E-state index contributed by atoms with van der Waals surface area (Å²) in [4.78, 5) is 27.3. The maximum Gasteiger partial charge on any atom is 0.242 e. The fourth-order valence-electron chi connectivity index (χ4n) is 3.14. The van der Waals surface area contributed by atoms with Crippen molar-refractivity contribution in [1.82, 2.24) is 10.2 Å². The van der Waals surface area contributed by atoms with Crippen LogP contribution < -0.4 is 10.1 Å². The lowest BCUT2D eigenvalue weighted by Gasteiger charge is -2.29. The maximum atomic E-state index is 13.1. The minimum Gasteiger partial charge on any atom is -0.494 e. The zero-order valence-corrected chi connectivity index (χ0v) is 20.5. The minimum absolute atomic E-state index is 0.123. The molecule has 0 aromatic heterocycles. The normalized spacial score (nSPS) is 11.7. The number of nitrogens with one attached hydrogen (secondary N) is 1. The minimum atomic E-state index is -0.621. The van der Waals surface area contributed by atoms with E-state index in [0.717, 1.165) is 29.7 Å². The second-order valence-corrected chi connectivity index (χ2v) is 8.69. The van der Waals surface area contributed by atoms with Gasteiger partial charge < -0.3 is 15.0 Å². The Hall–Kier alpha value is -2.24. The Morgan fingerprint density at radius 1 is 1.09 bits per heavy atom. The van der Waals surface area contributed by atoms with Crippen LogP contribution in [0.15, 0.2) is 42.5 Å². The van der Waals surface area contributed by atoms with Crippen molar-refractivity contribution in [1.29, 1.82) is 0 Å². The molecule has 7 heteroatoms. The van der Waals surface area contributed by atoms with E-state index in [-0.39, 0.29) is 24.8 Å². The number of hydrogen-bond donors (Lipinski definition) is 1. The number of aryl methyl sites for hydroxylation is 1. The van der Waals surface area contributed by atoms with E-state index in [4.69, 9.17) is 27.9 Å². The molecule has 0 saturated carbocycles. The summed E-state index contributed by atoms with van der Waals surface area (Å²) < 4.78 is 5.73. The molecule has 0 bridgehead atoms. The van der Waals surface area contributed by atoms with Gasteiger partial charge in [0.2, 0.25) is 11.8 Å². The van der Waals surface area contributed by atoms with Crippen LogP contribution in [0.3, 0.4) is 0 Å². The summed E-state index contributed by atoms with van der Waals surface area (Å²) in [6.07, 6.45) is 2.69. The molecule has 0 unspecified atom stereocenters. The van der Waals surface area contributed by atoms with Crippen LogP contribution in [-0.2, 0) is 16.1 Å². The van der Waals surface area contributed by atoms with E-state index in [1.165, 1.54) is 0 Å². The molecule has 0 fully saturated rings. The molecule has 2 aromatic carbocycles. The van der Waals surface area contributed by atoms with Crippen LogP contribution in [0.1, 0.15) is 50.7 Å². The topological polar surface area (TPSA) is 58.6 Å². The van der Waals surface area contributed by atoms with Gasteiger partial charge in [-0.05, 0) is 56.5 Å². The van der Waals surface area contributed by atoms with E-state index in [1.54, 1.807) is 30.0 Å². The van der Waals surface area contributed by atoms with Crippen LogP contribution >= 0.6 is 23.2 Å². The van der Waals surface area contributed by atoms with Gasteiger partial charge in [0, 0.05) is 29.6 Å². The number of amides is 2. The third-order valence-electron chi connectivity index (χ3n) is 5.18. The number of rotatable bonds is 12. The van der Waals surface area contributed by atoms with Crippen LogP contribution in [0.25, 0.3) is 0 Å². The highest BCUT2D eigenvalue weighted by Crippen LogP contribution is 2.23. The van der Waals surface area contributed by atoms with Crippen molar-refractivity contribution < 1.29 is 14.3 Å². The molecule has 174 valence electrons. The Bertz CT molecular complexity index is 887. The number of ether oxygens (including phenoxy) is 1. The number of benzene rings is 2. The Morgan fingerprint density at radius 3 is 2.47 bits per heavy atom. The van der Waals surface area contributed by atoms with Crippen LogP contribution in [0.5, 0.6) is 5.75 Å². The van der Waals surface area contributed by atoms with Crippen molar-refractivity contribution >= 4 is 35.0 Å². The number of halogens is 2. The smallest absolute Gasteiger partial charge is 0.242 e. The van der Waals surface area contributed by atoms with Crippen molar-refractivity contribution in [3.05, 3.63) is 63.6 Å². The predicted molar refractivity (Wildman–Crippen MR) is 130 cm³/mol. The van der Waals surface area contributed by atoms with Crippen LogP contribution in [-0.4, -0.2) is 35.9 Å². The monoisotopic (exact) mass is 478 g/mol. The standard InChI is InChI=1S/C25H32Cl2N2O3/c1-4-5-14-28-25(31)19(3)29(17-20-10-11-21(26)16-23(20)27)24(30)7-6-15-32-22-12-8-18(2)9-13-22/h8-13,16,19H,4-7,14-15,17H2,1-3H3,(H,28,31)/t19-/m1/s1. The summed E-state index contributed by atoms with van der Waals surface area (Å²) in [5, 5.41) is 3.90. The first kappa shape index (κ1) is 26.0. The molecule has 0 aliphatic carbocycles. The van der Waals surface area contributed by atoms with E-state index in [0.29, 0.717) is 29.6 Å². The SMILES string of the molecule is CCCCNC(=O)[C@@H](C)N(Cc1ccc(Cl)cc1Cl)C(=O)CCCOc1ccc(C)cc1. The van der Waals surface area contributed by atoms with Gasteiger partial charge in [-0.3, -0.25) is 9.59 Å². The molecule has 0 spiro atoms. The third-order valence-corrected chi connectivity index (χ3v) is 5.76. The lowest BCUT2D eigenvalue weighted by atomic mass is 10.1. The molecule has 0 saturated heterocycles. The van der Waals surface area contributed by atoms with Gasteiger partial charge >= 0.3 is 0 Å². The molecular formula is C25H32Cl2N2O3. The first-order valence-corrected chi connectivity index (χ1v) is 11.8. The molecule has 0 heterocycles. The van der Waals surface area contributed by atoms with E-state index in [9.17, 15) is 9.59 Å². The Kier molecular flexibility index (Phi) is 10.8. The first-order valence-electron chi connectivity index (χ1n) is 11.0. The molecular weight excluding hydrogens is 447 g/mol. The maximum absolute atomic E-state index is 13.1. The van der Waals surface area contributed by atoms with Crippen molar-refractivity contribution in [3.8, 4) is 5.75 Å². The summed E-state index contributed by atoms with van der Waals surface area (Å²) in [7, 11) is 0. The summed E-state index contributed by atoms with van der Waals surface area (Å²) >= 11 is 12.3. The molecule has 2 rings (SSSR count). The van der Waals surface area contributed by atoms with Gasteiger partial charge in [0.15, 0.2) is 0 Å². The molecule has 1 N–H and O–H groups in total. The second kappa shape index (κ2) is 13.3. The van der Waals surface area contributed by atoms with Gasteiger partial charge in [-0.1, -0.05) is 60.3 Å². The Balaban J connectivity index is 2.01. The molecule has 2 amide bonds. The molecule has 0 aliphatic heterocycles. The predicted octanol–water partition coefficient (Wildman–Crippen LogP) is 5.79. The number of nitrogens with zero attached hydrogens (tertiary/aromatic N) is 1. The molecule has 0 aliphatic rings. The largest absolute Gasteiger partial charge is 0.494 e. The third kappa shape index (κ3) is 8.36. The molecule has 32 heavy (non-hydrogen) atoms. The average molecular weight is 479 g/mol. The van der Waals surface area contributed by atoms with E-state index in [2.05, 4.69) is 12.2 Å². The molecule has 2 aromatic rings. The van der Waals surface area contributed by atoms with Crippen molar-refractivity contribution in [3.63, 3.8) is 0 Å². The number of hydrogen-bond acceptors (Lipinski definition) is 3. The Labute approximate surface area is 201 Å². The molecule has 5 nitrogen and oxygen atoms in total. The zero-order valence-electron chi connectivity index (χ0n) is 19.0. The van der Waals surface area contributed by atoms with E-state index in [1.807, 2.05) is 31.2 Å². The second-order valence-electron chi connectivity index (χ2n) is 7.84. The zero-order chi connectivity index (χ0) is 23.5. The van der Waals surface area contributed by atoms with Crippen molar-refractivity contribution in [2.45, 2.75) is 59.0 Å². The fourth-order valence-corrected chi connectivity index (χ4v) is 3.61. The van der Waals surface area contributed by atoms with Gasteiger partial charge in [0.1, 0.15) is 11.8 Å². The lowest BCUT2D eigenvalue weighted by Crippen LogP contribution is -2.47. The number of carbonyl (C=O) groups is 2. The van der Waals surface area contributed by atoms with Crippen LogP contribution in [0.2, 0.25) is 10.0 Å². The number of carbonyl (C=O) groups excluding carboxylic acids is 2. The summed E-state index contributed by atoms with van der Waals surface area (Å²) in [6.45, 7) is 7.06. The van der Waals surface area contributed by atoms with E-state index < -0.39 is 6.04 Å². The van der Waals surface area contributed by atoms with Gasteiger partial charge in [0.05, 0.1) is 6.61 Å². The van der Waals surface area contributed by atoms with Crippen molar-refractivity contribution in [2.75, 3.05) is 13.2 Å². The van der Waals surface area contributed by atoms with Crippen LogP contribution in [0.4, 0.5) is 0 Å².